The Bertz CT molecular complexity index is 546. The fourth-order valence-corrected chi connectivity index (χ4v) is 3.20. The van der Waals surface area contributed by atoms with Gasteiger partial charge in [-0.05, 0) is 56.1 Å². The molecule has 0 fully saturated rings. The van der Waals surface area contributed by atoms with Crippen molar-refractivity contribution in [2.24, 2.45) is 0 Å². The molecular formula is C17H22N2S. The molecule has 2 aromatic rings. The Morgan fingerprint density at radius 3 is 2.70 bits per heavy atom. The monoisotopic (exact) mass is 286 g/mol. The normalized spacial score (nSPS) is 10.8. The van der Waals surface area contributed by atoms with Crippen LogP contribution in [0.15, 0.2) is 46.3 Å². The van der Waals surface area contributed by atoms with Gasteiger partial charge in [-0.3, -0.25) is 0 Å². The van der Waals surface area contributed by atoms with Crippen molar-refractivity contribution in [3.8, 4) is 0 Å². The third-order valence-corrected chi connectivity index (χ3v) is 4.04. The van der Waals surface area contributed by atoms with Crippen LogP contribution in [0.4, 0.5) is 0 Å². The van der Waals surface area contributed by atoms with Gasteiger partial charge in [-0.1, -0.05) is 36.9 Å². The average molecular weight is 286 g/mol. The molecule has 0 aliphatic rings. The second kappa shape index (κ2) is 7.46. The topological polar surface area (TPSA) is 24.9 Å². The van der Waals surface area contributed by atoms with Crippen molar-refractivity contribution >= 4 is 11.8 Å². The van der Waals surface area contributed by atoms with Crippen LogP contribution in [0, 0.1) is 13.8 Å². The molecule has 1 N–H and O–H groups in total. The van der Waals surface area contributed by atoms with E-state index in [1.807, 2.05) is 6.92 Å². The first-order valence-electron chi connectivity index (χ1n) is 7.11. The summed E-state index contributed by atoms with van der Waals surface area (Å²) in [6.45, 7) is 8.33. The molecule has 3 heteroatoms. The Morgan fingerprint density at radius 1 is 1.15 bits per heavy atom. The first-order chi connectivity index (χ1) is 9.69. The quantitative estimate of drug-likeness (QED) is 0.799. The maximum Gasteiger partial charge on any atom is 0.101 e. The van der Waals surface area contributed by atoms with Crippen LogP contribution in [0.3, 0.4) is 0 Å². The number of hydrogen-bond acceptors (Lipinski definition) is 3. The van der Waals surface area contributed by atoms with Crippen LogP contribution in [-0.2, 0) is 6.54 Å². The van der Waals surface area contributed by atoms with Gasteiger partial charge in [-0.15, -0.1) is 0 Å². The van der Waals surface area contributed by atoms with Gasteiger partial charge in [-0.2, -0.15) is 0 Å². The lowest BCUT2D eigenvalue weighted by atomic mass is 10.2. The molecule has 0 bridgehead atoms. The minimum absolute atomic E-state index is 0.918. The van der Waals surface area contributed by atoms with Gasteiger partial charge in [0.05, 0.1) is 0 Å². The van der Waals surface area contributed by atoms with E-state index < -0.39 is 0 Å². The summed E-state index contributed by atoms with van der Waals surface area (Å²) < 4.78 is 0. The SMILES string of the molecule is CCCNCc1ccccc1Sc1cc(C)cc(C)n1. The zero-order valence-electron chi connectivity index (χ0n) is 12.4. The van der Waals surface area contributed by atoms with E-state index in [-0.39, 0.29) is 0 Å². The van der Waals surface area contributed by atoms with Gasteiger partial charge in [0.1, 0.15) is 5.03 Å². The highest BCUT2D eigenvalue weighted by Gasteiger charge is 2.05. The fourth-order valence-electron chi connectivity index (χ4n) is 2.12. The highest BCUT2D eigenvalue weighted by atomic mass is 32.2. The molecule has 1 aromatic carbocycles. The molecule has 1 aromatic heterocycles. The van der Waals surface area contributed by atoms with E-state index >= 15 is 0 Å². The summed E-state index contributed by atoms with van der Waals surface area (Å²) in [5, 5.41) is 4.54. The third kappa shape index (κ3) is 4.36. The summed E-state index contributed by atoms with van der Waals surface area (Å²) in [4.78, 5) is 5.90. The number of aryl methyl sites for hydroxylation is 2. The highest BCUT2D eigenvalue weighted by molar-refractivity contribution is 7.99. The van der Waals surface area contributed by atoms with E-state index in [0.717, 1.165) is 30.2 Å². The summed E-state index contributed by atoms with van der Waals surface area (Å²) in [5.74, 6) is 0. The van der Waals surface area contributed by atoms with Crippen LogP contribution in [0.5, 0.6) is 0 Å². The number of rotatable bonds is 6. The smallest absolute Gasteiger partial charge is 0.101 e. The van der Waals surface area contributed by atoms with Crippen LogP contribution >= 0.6 is 11.8 Å². The molecule has 106 valence electrons. The van der Waals surface area contributed by atoms with Crippen LogP contribution in [0.1, 0.15) is 30.2 Å². The number of nitrogens with zero attached hydrogens (tertiary/aromatic N) is 1. The maximum atomic E-state index is 4.61. The highest BCUT2D eigenvalue weighted by Crippen LogP contribution is 2.29. The molecular weight excluding hydrogens is 264 g/mol. The van der Waals surface area contributed by atoms with Gasteiger partial charge >= 0.3 is 0 Å². The van der Waals surface area contributed by atoms with E-state index in [4.69, 9.17) is 0 Å². The molecule has 0 amide bonds. The van der Waals surface area contributed by atoms with Crippen LogP contribution in [0.2, 0.25) is 0 Å². The van der Waals surface area contributed by atoms with E-state index in [1.54, 1.807) is 11.8 Å². The number of nitrogens with one attached hydrogen (secondary N) is 1. The predicted molar refractivity (Wildman–Crippen MR) is 86.3 cm³/mol. The van der Waals surface area contributed by atoms with Gasteiger partial charge in [-0.25, -0.2) is 4.98 Å². The van der Waals surface area contributed by atoms with Crippen LogP contribution in [-0.4, -0.2) is 11.5 Å². The third-order valence-electron chi connectivity index (χ3n) is 3.00. The summed E-state index contributed by atoms with van der Waals surface area (Å²) >= 11 is 1.75. The Kier molecular flexibility index (Phi) is 5.62. The zero-order chi connectivity index (χ0) is 14.4. The van der Waals surface area contributed by atoms with E-state index in [2.05, 4.69) is 60.5 Å². The molecule has 0 aliphatic heterocycles. The van der Waals surface area contributed by atoms with Crippen molar-refractivity contribution in [2.45, 2.75) is 43.7 Å². The average Bonchev–Trinajstić information content (AvgIpc) is 2.40. The maximum absolute atomic E-state index is 4.61. The van der Waals surface area contributed by atoms with Gasteiger partial charge in [0.25, 0.3) is 0 Å². The minimum Gasteiger partial charge on any atom is -0.313 e. The summed E-state index contributed by atoms with van der Waals surface area (Å²) in [6, 6.07) is 12.8. The number of aromatic nitrogens is 1. The molecule has 0 aliphatic carbocycles. The lowest BCUT2D eigenvalue weighted by Crippen LogP contribution is -2.14. The van der Waals surface area contributed by atoms with Crippen molar-refractivity contribution in [2.75, 3.05) is 6.54 Å². The van der Waals surface area contributed by atoms with Gasteiger partial charge in [0.2, 0.25) is 0 Å². The van der Waals surface area contributed by atoms with Crippen molar-refractivity contribution in [1.82, 2.24) is 10.3 Å². The summed E-state index contributed by atoms with van der Waals surface area (Å²) in [5.41, 5.74) is 3.68. The van der Waals surface area contributed by atoms with E-state index in [1.165, 1.54) is 16.0 Å². The van der Waals surface area contributed by atoms with Crippen LogP contribution in [0.25, 0.3) is 0 Å². The standard InChI is InChI=1S/C17H22N2S/c1-4-9-18-12-15-7-5-6-8-16(15)20-17-11-13(2)10-14(3)19-17/h5-8,10-11,18H,4,9,12H2,1-3H3. The van der Waals surface area contributed by atoms with Crippen molar-refractivity contribution < 1.29 is 0 Å². The minimum atomic E-state index is 0.918. The number of benzene rings is 1. The fraction of sp³-hybridized carbons (Fsp3) is 0.353. The predicted octanol–water partition coefficient (Wildman–Crippen LogP) is 4.35. The Morgan fingerprint density at radius 2 is 1.95 bits per heavy atom. The van der Waals surface area contributed by atoms with Gasteiger partial charge < -0.3 is 5.32 Å². The van der Waals surface area contributed by atoms with E-state index in [9.17, 15) is 0 Å². The molecule has 0 spiro atoms. The summed E-state index contributed by atoms with van der Waals surface area (Å²) in [6.07, 6.45) is 1.16. The second-order valence-electron chi connectivity index (χ2n) is 5.01. The Labute approximate surface area is 126 Å². The van der Waals surface area contributed by atoms with Crippen molar-refractivity contribution in [3.05, 3.63) is 53.2 Å². The Balaban J connectivity index is 2.15. The summed E-state index contributed by atoms with van der Waals surface area (Å²) in [7, 11) is 0. The van der Waals surface area contributed by atoms with E-state index in [0.29, 0.717) is 0 Å². The van der Waals surface area contributed by atoms with Crippen molar-refractivity contribution in [1.29, 1.82) is 0 Å². The molecule has 0 radical (unpaired) electrons. The molecule has 20 heavy (non-hydrogen) atoms. The molecule has 1 heterocycles. The number of hydrogen-bond donors (Lipinski definition) is 1. The van der Waals surface area contributed by atoms with Crippen LogP contribution < -0.4 is 5.32 Å². The molecule has 0 atom stereocenters. The molecule has 2 rings (SSSR count). The van der Waals surface area contributed by atoms with Gasteiger partial charge in [0.15, 0.2) is 0 Å². The molecule has 0 saturated heterocycles. The van der Waals surface area contributed by atoms with Gasteiger partial charge in [0, 0.05) is 17.1 Å². The first-order valence-corrected chi connectivity index (χ1v) is 7.92. The largest absolute Gasteiger partial charge is 0.313 e. The lowest BCUT2D eigenvalue weighted by Gasteiger charge is -2.10. The Hall–Kier alpha value is -1.32. The lowest BCUT2D eigenvalue weighted by molar-refractivity contribution is 0.669. The van der Waals surface area contributed by atoms with Crippen molar-refractivity contribution in [3.63, 3.8) is 0 Å². The molecule has 0 unspecified atom stereocenters. The zero-order valence-corrected chi connectivity index (χ0v) is 13.3. The first kappa shape index (κ1) is 15.1. The number of pyridine rings is 1. The molecule has 2 nitrogen and oxygen atoms in total. The second-order valence-corrected chi connectivity index (χ2v) is 6.07. The molecule has 0 saturated carbocycles.